The van der Waals surface area contributed by atoms with Gasteiger partial charge in [-0.05, 0) is 60.6 Å². The number of nitrogens with one attached hydrogen (secondary N) is 2. The molecule has 1 aromatic heterocycles. The molecule has 3 aliphatic rings. The summed E-state index contributed by atoms with van der Waals surface area (Å²) in [5.74, 6) is 1.47. The summed E-state index contributed by atoms with van der Waals surface area (Å²) in [6.45, 7) is 0.418. The highest BCUT2D eigenvalue weighted by Gasteiger charge is 2.56. The summed E-state index contributed by atoms with van der Waals surface area (Å²) in [6.07, 6.45) is 3.19. The lowest BCUT2D eigenvalue weighted by Crippen LogP contribution is -2.38. The number of amides is 2. The molecule has 6 rings (SSSR count). The van der Waals surface area contributed by atoms with Crippen LogP contribution in [-0.2, 0) is 13.0 Å². The number of hydrogen-bond acceptors (Lipinski definition) is 2. The summed E-state index contributed by atoms with van der Waals surface area (Å²) >= 11 is 0. The van der Waals surface area contributed by atoms with Crippen molar-refractivity contribution in [3.05, 3.63) is 65.2 Å². The minimum Gasteiger partial charge on any atom is -0.334 e. The normalized spacial score (nSPS) is 24.7. The van der Waals surface area contributed by atoms with E-state index in [1.165, 1.54) is 24.5 Å². The van der Waals surface area contributed by atoms with Gasteiger partial charge >= 0.3 is 6.03 Å². The minimum absolute atomic E-state index is 0.153. The number of fused-ring (bicyclic) bond motifs is 4. The number of carbonyl (C=O) groups excluding carboxylic acids is 1. The molecular weight excluding hydrogens is 355 g/mol. The third-order valence-corrected chi connectivity index (χ3v) is 6.37. The number of imidazole rings is 1. The topological polar surface area (TPSA) is 59.0 Å². The summed E-state index contributed by atoms with van der Waals surface area (Å²) in [5, 5.41) is 6.08. The largest absolute Gasteiger partial charge is 0.334 e. The molecule has 1 heterocycles. The molecule has 5 nitrogen and oxygen atoms in total. The summed E-state index contributed by atoms with van der Waals surface area (Å²) in [7, 11) is 0. The molecule has 2 N–H and O–H groups in total. The van der Waals surface area contributed by atoms with Crippen LogP contribution in [0.1, 0.15) is 41.8 Å². The van der Waals surface area contributed by atoms with Gasteiger partial charge in [-0.1, -0.05) is 18.2 Å². The lowest BCUT2D eigenvalue weighted by Gasteiger charge is -2.12. The van der Waals surface area contributed by atoms with Gasteiger partial charge in [0.25, 0.3) is 0 Å². The smallest absolute Gasteiger partial charge is 0.315 e. The molecule has 2 fully saturated rings. The average molecular weight is 376 g/mol. The van der Waals surface area contributed by atoms with E-state index in [1.807, 2.05) is 24.3 Å². The number of aromatic nitrogens is 2. The van der Waals surface area contributed by atoms with Gasteiger partial charge in [0.15, 0.2) is 0 Å². The standard InChI is InChI=1S/C22H21FN4O/c23-13-5-8-15-12(9-13)10-16-20(15)21(16)26-22(28)24-11-19-25-17-3-1-2-4-18(17)27(19)14-6-7-14/h1-5,8-9,14,16,20-21H,6-7,10-11H2,(H2,24,26,28). The van der Waals surface area contributed by atoms with Crippen LogP contribution in [0.2, 0.25) is 0 Å². The first-order valence-electron chi connectivity index (χ1n) is 9.97. The van der Waals surface area contributed by atoms with Crippen LogP contribution in [0.3, 0.4) is 0 Å². The summed E-state index contributed by atoms with van der Waals surface area (Å²) in [5.41, 5.74) is 4.40. The van der Waals surface area contributed by atoms with Crippen molar-refractivity contribution in [2.24, 2.45) is 5.92 Å². The van der Waals surface area contributed by atoms with Gasteiger partial charge in [-0.2, -0.15) is 0 Å². The van der Waals surface area contributed by atoms with Gasteiger partial charge < -0.3 is 15.2 Å². The Morgan fingerprint density at radius 2 is 2.07 bits per heavy atom. The Labute approximate surface area is 162 Å². The van der Waals surface area contributed by atoms with Gasteiger partial charge in [-0.3, -0.25) is 0 Å². The number of benzene rings is 2. The maximum Gasteiger partial charge on any atom is 0.315 e. The van der Waals surface area contributed by atoms with Crippen molar-refractivity contribution in [3.63, 3.8) is 0 Å². The maximum atomic E-state index is 13.4. The van der Waals surface area contributed by atoms with Crippen LogP contribution in [0.25, 0.3) is 11.0 Å². The fourth-order valence-electron chi connectivity index (χ4n) is 4.90. The Kier molecular flexibility index (Phi) is 3.34. The van der Waals surface area contributed by atoms with E-state index in [9.17, 15) is 9.18 Å². The molecule has 0 spiro atoms. The SMILES string of the molecule is O=C(NCc1nc2ccccc2n1C1CC1)NC1C2Cc3cc(F)ccc3C21. The van der Waals surface area contributed by atoms with Crippen molar-refractivity contribution in [1.82, 2.24) is 20.2 Å². The molecule has 0 saturated heterocycles. The molecule has 3 atom stereocenters. The predicted octanol–water partition coefficient (Wildman–Crippen LogP) is 3.65. The Morgan fingerprint density at radius 1 is 1.21 bits per heavy atom. The van der Waals surface area contributed by atoms with Crippen molar-refractivity contribution >= 4 is 17.1 Å². The van der Waals surface area contributed by atoms with Crippen molar-refractivity contribution in [3.8, 4) is 0 Å². The fourth-order valence-corrected chi connectivity index (χ4v) is 4.90. The van der Waals surface area contributed by atoms with Gasteiger partial charge in [0.05, 0.1) is 17.6 Å². The summed E-state index contributed by atoms with van der Waals surface area (Å²) in [6, 6.07) is 13.6. The molecule has 6 heteroatoms. The highest BCUT2D eigenvalue weighted by molar-refractivity contribution is 5.77. The van der Waals surface area contributed by atoms with Gasteiger partial charge in [0.2, 0.25) is 0 Å². The van der Waals surface area contributed by atoms with Crippen LogP contribution in [0, 0.1) is 11.7 Å². The number of carbonyl (C=O) groups is 1. The Hall–Kier alpha value is -2.89. The molecule has 142 valence electrons. The second-order valence-electron chi connectivity index (χ2n) is 8.21. The monoisotopic (exact) mass is 376 g/mol. The molecule has 3 aromatic rings. The molecule has 2 saturated carbocycles. The second kappa shape index (κ2) is 5.80. The van der Waals surface area contributed by atoms with E-state index in [0.717, 1.165) is 28.8 Å². The van der Waals surface area contributed by atoms with Crippen LogP contribution in [0.4, 0.5) is 9.18 Å². The molecular formula is C22H21FN4O. The number of nitrogens with zero attached hydrogens (tertiary/aromatic N) is 2. The first-order valence-corrected chi connectivity index (χ1v) is 9.97. The molecule has 28 heavy (non-hydrogen) atoms. The number of urea groups is 1. The minimum atomic E-state index is -0.180. The molecule has 2 aromatic carbocycles. The molecule has 0 bridgehead atoms. The molecule has 3 aliphatic carbocycles. The number of halogens is 1. The first-order chi connectivity index (χ1) is 13.7. The average Bonchev–Trinajstić information content (AvgIpc) is 3.56. The van der Waals surface area contributed by atoms with Crippen molar-refractivity contribution < 1.29 is 9.18 Å². The van der Waals surface area contributed by atoms with Gasteiger partial charge in [-0.25, -0.2) is 14.2 Å². The highest BCUT2D eigenvalue weighted by atomic mass is 19.1. The van der Waals surface area contributed by atoms with Crippen molar-refractivity contribution in [2.45, 2.75) is 43.8 Å². The van der Waals surface area contributed by atoms with Crippen LogP contribution in [0.15, 0.2) is 42.5 Å². The zero-order valence-corrected chi connectivity index (χ0v) is 15.4. The van der Waals surface area contributed by atoms with Crippen LogP contribution in [-0.4, -0.2) is 21.6 Å². The molecule has 0 aliphatic heterocycles. The first kappa shape index (κ1) is 16.1. The van der Waals surface area contributed by atoms with Crippen molar-refractivity contribution in [1.29, 1.82) is 0 Å². The lowest BCUT2D eigenvalue weighted by molar-refractivity contribution is 0.239. The zero-order chi connectivity index (χ0) is 18.8. The van der Waals surface area contributed by atoms with E-state index in [-0.39, 0.29) is 17.9 Å². The van der Waals surface area contributed by atoms with Gasteiger partial charge in [0.1, 0.15) is 11.6 Å². The quantitative estimate of drug-likeness (QED) is 0.730. The summed E-state index contributed by atoms with van der Waals surface area (Å²) < 4.78 is 15.6. The van der Waals surface area contributed by atoms with E-state index in [4.69, 9.17) is 4.98 Å². The van der Waals surface area contributed by atoms with Crippen LogP contribution >= 0.6 is 0 Å². The lowest BCUT2D eigenvalue weighted by atomic mass is 10.0. The Bertz CT molecular complexity index is 1100. The van der Waals surface area contributed by atoms with Gasteiger partial charge in [-0.15, -0.1) is 0 Å². The van der Waals surface area contributed by atoms with Crippen LogP contribution in [0.5, 0.6) is 0 Å². The number of para-hydroxylation sites is 2. The maximum absolute atomic E-state index is 13.4. The third-order valence-electron chi connectivity index (χ3n) is 6.37. The van der Waals surface area contributed by atoms with E-state index in [2.05, 4.69) is 21.3 Å². The Morgan fingerprint density at radius 3 is 2.93 bits per heavy atom. The predicted molar refractivity (Wildman–Crippen MR) is 103 cm³/mol. The zero-order valence-electron chi connectivity index (χ0n) is 15.4. The summed E-state index contributed by atoms with van der Waals surface area (Å²) in [4.78, 5) is 17.2. The number of rotatable bonds is 4. The van der Waals surface area contributed by atoms with Crippen LogP contribution < -0.4 is 10.6 Å². The Balaban J connectivity index is 1.13. The van der Waals surface area contributed by atoms with E-state index in [1.54, 1.807) is 6.07 Å². The number of hydrogen-bond donors (Lipinski definition) is 2. The third kappa shape index (κ3) is 2.51. The fraction of sp³-hybridized carbons (Fsp3) is 0.364. The van der Waals surface area contributed by atoms with E-state index >= 15 is 0 Å². The second-order valence-corrected chi connectivity index (χ2v) is 8.21. The van der Waals surface area contributed by atoms with E-state index in [0.29, 0.717) is 24.4 Å². The molecule has 3 unspecified atom stereocenters. The van der Waals surface area contributed by atoms with Crippen molar-refractivity contribution in [2.75, 3.05) is 0 Å². The van der Waals surface area contributed by atoms with Gasteiger partial charge in [0, 0.05) is 18.0 Å². The molecule has 0 radical (unpaired) electrons. The highest BCUT2D eigenvalue weighted by Crippen LogP contribution is 2.56. The molecule has 2 amide bonds. The van der Waals surface area contributed by atoms with E-state index < -0.39 is 0 Å².